The van der Waals surface area contributed by atoms with E-state index >= 15 is 0 Å². The first-order valence-corrected chi connectivity index (χ1v) is 11.1. The molecule has 0 saturated carbocycles. The zero-order valence-corrected chi connectivity index (χ0v) is 18.6. The van der Waals surface area contributed by atoms with Crippen LogP contribution in [0.2, 0.25) is 0 Å². The average molecular weight is 447 g/mol. The maximum atomic E-state index is 13.5. The van der Waals surface area contributed by atoms with Gasteiger partial charge in [0.2, 0.25) is 0 Å². The Bertz CT molecular complexity index is 1160. The highest BCUT2D eigenvalue weighted by Crippen LogP contribution is 2.27. The molecule has 5 rings (SSSR count). The van der Waals surface area contributed by atoms with Crippen molar-refractivity contribution in [1.82, 2.24) is 29.7 Å². The van der Waals surface area contributed by atoms with Crippen molar-refractivity contribution in [2.45, 2.75) is 6.10 Å². The molecule has 3 aromatic rings. The molecule has 9 nitrogen and oxygen atoms in total. The second-order valence-electron chi connectivity index (χ2n) is 8.41. The van der Waals surface area contributed by atoms with Crippen LogP contribution in [0.4, 0.5) is 0 Å². The van der Waals surface area contributed by atoms with E-state index in [1.807, 2.05) is 35.2 Å². The quantitative estimate of drug-likeness (QED) is 0.604. The van der Waals surface area contributed by atoms with Crippen molar-refractivity contribution in [3.63, 3.8) is 0 Å². The van der Waals surface area contributed by atoms with Crippen molar-refractivity contribution in [1.29, 1.82) is 0 Å². The first-order valence-electron chi connectivity index (χ1n) is 11.1. The predicted molar refractivity (Wildman–Crippen MR) is 122 cm³/mol. The van der Waals surface area contributed by atoms with Gasteiger partial charge in [-0.3, -0.25) is 14.6 Å². The highest BCUT2D eigenvalue weighted by Gasteiger charge is 2.30. The molecular weight excluding hydrogens is 420 g/mol. The van der Waals surface area contributed by atoms with Crippen LogP contribution >= 0.6 is 0 Å². The predicted octanol–water partition coefficient (Wildman–Crippen LogP) is 1.63. The summed E-state index contributed by atoms with van der Waals surface area (Å²) in [5.41, 5.74) is 2.33. The summed E-state index contributed by atoms with van der Waals surface area (Å²) in [5, 5.41) is 0.827. The third kappa shape index (κ3) is 4.42. The van der Waals surface area contributed by atoms with Crippen molar-refractivity contribution < 1.29 is 14.3 Å². The van der Waals surface area contributed by atoms with Gasteiger partial charge in [-0.15, -0.1) is 0 Å². The molecule has 4 heterocycles. The molecule has 2 aliphatic rings. The first kappa shape index (κ1) is 21.4. The summed E-state index contributed by atoms with van der Waals surface area (Å²) in [7, 11) is 2.07. The lowest BCUT2D eigenvalue weighted by Crippen LogP contribution is -2.47. The number of fused-ring (bicyclic) bond motifs is 1. The van der Waals surface area contributed by atoms with Crippen LogP contribution in [0, 0.1) is 0 Å². The van der Waals surface area contributed by atoms with Crippen LogP contribution in [0.5, 0.6) is 0 Å². The van der Waals surface area contributed by atoms with E-state index in [1.165, 1.54) is 18.6 Å². The van der Waals surface area contributed by atoms with Crippen molar-refractivity contribution in [3.8, 4) is 0 Å². The number of piperazine rings is 1. The Morgan fingerprint density at radius 3 is 2.61 bits per heavy atom. The number of hydrogen-bond acceptors (Lipinski definition) is 7. The third-order valence-corrected chi connectivity index (χ3v) is 6.22. The fourth-order valence-corrected chi connectivity index (χ4v) is 4.30. The second kappa shape index (κ2) is 9.21. The van der Waals surface area contributed by atoms with Gasteiger partial charge in [0, 0.05) is 50.5 Å². The number of carbonyl (C=O) groups is 2. The zero-order chi connectivity index (χ0) is 22.8. The van der Waals surface area contributed by atoms with Gasteiger partial charge in [0.15, 0.2) is 0 Å². The molecule has 9 heteroatoms. The van der Waals surface area contributed by atoms with Crippen LogP contribution in [0.15, 0.2) is 48.9 Å². The Morgan fingerprint density at radius 1 is 1.00 bits per heavy atom. The molecule has 2 fully saturated rings. The fraction of sp³-hybridized carbons (Fsp3) is 0.375. The highest BCUT2D eigenvalue weighted by molar-refractivity contribution is 6.06. The van der Waals surface area contributed by atoms with Crippen LogP contribution < -0.4 is 0 Å². The number of carbonyl (C=O) groups excluding carboxylic acids is 2. The summed E-state index contributed by atoms with van der Waals surface area (Å²) >= 11 is 0. The van der Waals surface area contributed by atoms with Gasteiger partial charge in [-0.2, -0.15) is 0 Å². The molecule has 2 amide bonds. The summed E-state index contributed by atoms with van der Waals surface area (Å²) in [6, 6.07) is 9.51. The number of likely N-dealkylation sites (N-methyl/N-ethyl adjacent to an activating group) is 1. The SMILES string of the molecule is CN1CCN(C(=O)c2cc(C3CN(C(=O)c4cnccn4)CCO3)nc3ccccc23)CC1. The van der Waals surface area contributed by atoms with E-state index in [0.29, 0.717) is 49.7 Å². The molecule has 170 valence electrons. The molecule has 0 spiro atoms. The van der Waals surface area contributed by atoms with E-state index in [2.05, 4.69) is 21.9 Å². The highest BCUT2D eigenvalue weighted by atomic mass is 16.5. The molecule has 0 bridgehead atoms. The van der Waals surface area contributed by atoms with E-state index in [9.17, 15) is 9.59 Å². The smallest absolute Gasteiger partial charge is 0.274 e. The molecular formula is C24H26N6O3. The topological polar surface area (TPSA) is 91.8 Å². The van der Waals surface area contributed by atoms with Crippen LogP contribution in [-0.2, 0) is 4.74 Å². The Labute approximate surface area is 192 Å². The average Bonchev–Trinajstić information content (AvgIpc) is 2.88. The largest absolute Gasteiger partial charge is 0.368 e. The number of pyridine rings is 1. The van der Waals surface area contributed by atoms with Gasteiger partial charge >= 0.3 is 0 Å². The number of rotatable bonds is 3. The van der Waals surface area contributed by atoms with Crippen molar-refractivity contribution >= 4 is 22.7 Å². The lowest BCUT2D eigenvalue weighted by molar-refractivity contribution is -0.0248. The van der Waals surface area contributed by atoms with Crippen molar-refractivity contribution in [3.05, 3.63) is 65.9 Å². The minimum atomic E-state index is -0.428. The van der Waals surface area contributed by atoms with Gasteiger partial charge in [0.1, 0.15) is 11.8 Å². The van der Waals surface area contributed by atoms with E-state index in [0.717, 1.165) is 24.0 Å². The van der Waals surface area contributed by atoms with Gasteiger partial charge in [-0.25, -0.2) is 9.97 Å². The van der Waals surface area contributed by atoms with E-state index in [1.54, 1.807) is 4.90 Å². The molecule has 1 atom stereocenters. The molecule has 0 aliphatic carbocycles. The van der Waals surface area contributed by atoms with E-state index < -0.39 is 6.10 Å². The minimum Gasteiger partial charge on any atom is -0.368 e. The van der Waals surface area contributed by atoms with Crippen molar-refractivity contribution in [2.24, 2.45) is 0 Å². The number of morpholine rings is 1. The third-order valence-electron chi connectivity index (χ3n) is 6.22. The van der Waals surface area contributed by atoms with Gasteiger partial charge in [0.25, 0.3) is 11.8 Å². The molecule has 33 heavy (non-hydrogen) atoms. The summed E-state index contributed by atoms with van der Waals surface area (Å²) in [6.07, 6.45) is 4.08. The van der Waals surface area contributed by atoms with Crippen molar-refractivity contribution in [2.75, 3.05) is 52.9 Å². The summed E-state index contributed by atoms with van der Waals surface area (Å²) in [4.78, 5) is 45.1. The second-order valence-corrected chi connectivity index (χ2v) is 8.41. The molecule has 0 radical (unpaired) electrons. The number of amides is 2. The van der Waals surface area contributed by atoms with Gasteiger partial charge in [-0.1, -0.05) is 18.2 Å². The normalized spacial score (nSPS) is 19.6. The minimum absolute atomic E-state index is 0.00579. The summed E-state index contributed by atoms with van der Waals surface area (Å²) < 4.78 is 6.00. The van der Waals surface area contributed by atoms with Crippen LogP contribution in [-0.4, -0.2) is 94.4 Å². The number of hydrogen-bond donors (Lipinski definition) is 0. The maximum Gasteiger partial charge on any atom is 0.274 e. The van der Waals surface area contributed by atoms with Gasteiger partial charge in [0.05, 0.1) is 36.1 Å². The van der Waals surface area contributed by atoms with E-state index in [-0.39, 0.29) is 11.8 Å². The number of aromatic nitrogens is 3. The first-order chi connectivity index (χ1) is 16.1. The Kier molecular flexibility index (Phi) is 5.97. The number of nitrogens with zero attached hydrogens (tertiary/aromatic N) is 6. The Morgan fingerprint density at radius 2 is 1.82 bits per heavy atom. The number of para-hydroxylation sites is 1. The summed E-state index contributed by atoms with van der Waals surface area (Å²) in [5.74, 6) is -0.183. The summed E-state index contributed by atoms with van der Waals surface area (Å²) in [6.45, 7) is 4.28. The molecule has 2 saturated heterocycles. The Hall–Kier alpha value is -3.43. The van der Waals surface area contributed by atoms with Gasteiger partial charge in [-0.05, 0) is 19.2 Å². The maximum absolute atomic E-state index is 13.5. The monoisotopic (exact) mass is 446 g/mol. The lowest BCUT2D eigenvalue weighted by Gasteiger charge is -2.34. The van der Waals surface area contributed by atoms with Crippen LogP contribution in [0.25, 0.3) is 10.9 Å². The fourth-order valence-electron chi connectivity index (χ4n) is 4.30. The van der Waals surface area contributed by atoms with E-state index in [4.69, 9.17) is 9.72 Å². The van der Waals surface area contributed by atoms with Crippen LogP contribution in [0.3, 0.4) is 0 Å². The van der Waals surface area contributed by atoms with Crippen LogP contribution in [0.1, 0.15) is 32.6 Å². The lowest BCUT2D eigenvalue weighted by atomic mass is 10.0. The molecule has 0 N–H and O–H groups in total. The number of ether oxygens (including phenoxy) is 1. The molecule has 2 aromatic heterocycles. The van der Waals surface area contributed by atoms with Gasteiger partial charge < -0.3 is 19.4 Å². The number of benzene rings is 1. The standard InChI is InChI=1S/C24H26N6O3/c1-28-8-10-29(11-9-28)23(31)18-14-20(27-19-5-3-2-4-17(18)19)22-16-30(12-13-33-22)24(32)21-15-25-6-7-26-21/h2-7,14-15,22H,8-13,16H2,1H3. The molecule has 2 aliphatic heterocycles. The molecule has 1 unspecified atom stereocenters. The Balaban J connectivity index is 1.44. The zero-order valence-electron chi connectivity index (χ0n) is 18.6. The molecule has 1 aromatic carbocycles.